The second-order valence-corrected chi connectivity index (χ2v) is 19.2. The van der Waals surface area contributed by atoms with Crippen LogP contribution in [0.3, 0.4) is 0 Å². The van der Waals surface area contributed by atoms with Gasteiger partial charge in [0.15, 0.2) is 0 Å². The van der Waals surface area contributed by atoms with E-state index < -0.39 is 53.2 Å². The monoisotopic (exact) mass is 718 g/mol. The molecule has 0 unspecified atom stereocenters. The molecular weight excluding hydrogens is 681 g/mol. The van der Waals surface area contributed by atoms with Gasteiger partial charge in [-0.3, -0.25) is 0 Å². The van der Waals surface area contributed by atoms with Gasteiger partial charge in [0, 0.05) is 13.1 Å². The highest BCUT2D eigenvalue weighted by Gasteiger charge is 2.38. The van der Waals surface area contributed by atoms with E-state index in [0.717, 1.165) is 22.3 Å². The SMILES string of the molecule is Cc1ccc(S(=O)(=O)N(CCCCCN(S(=O)(=O)c2ccc(C)cc2)S(=O)(=O)c2ccc(C)cc2)S(=O)(=O)c2ccc(C)cc2)cc1. The van der Waals surface area contributed by atoms with Crippen molar-refractivity contribution in [1.82, 2.24) is 7.42 Å². The molecule has 0 aliphatic carbocycles. The van der Waals surface area contributed by atoms with E-state index in [1.807, 2.05) is 0 Å². The molecule has 0 N–H and O–H groups in total. The number of hydrogen-bond donors (Lipinski definition) is 0. The van der Waals surface area contributed by atoms with Crippen LogP contribution in [0.1, 0.15) is 41.5 Å². The predicted octanol–water partition coefficient (Wildman–Crippen LogP) is 5.55. The van der Waals surface area contributed by atoms with E-state index in [1.165, 1.54) is 48.5 Å². The number of hydrogen-bond acceptors (Lipinski definition) is 8. The van der Waals surface area contributed by atoms with Crippen molar-refractivity contribution in [3.8, 4) is 0 Å². The fraction of sp³-hybridized carbons (Fsp3) is 0.273. The molecule has 0 bridgehead atoms. The normalized spacial score (nSPS) is 12.9. The number of rotatable bonds is 14. The minimum absolute atomic E-state index is 0.000812. The molecular formula is C33H38N2O8S4. The van der Waals surface area contributed by atoms with E-state index in [2.05, 4.69) is 0 Å². The van der Waals surface area contributed by atoms with Crippen LogP contribution < -0.4 is 0 Å². The van der Waals surface area contributed by atoms with Gasteiger partial charge in [0.25, 0.3) is 40.1 Å². The summed E-state index contributed by atoms with van der Waals surface area (Å²) in [6.45, 7) is 6.22. The van der Waals surface area contributed by atoms with Crippen molar-refractivity contribution >= 4 is 40.1 Å². The second kappa shape index (κ2) is 14.4. The molecule has 4 aromatic carbocycles. The van der Waals surface area contributed by atoms with Gasteiger partial charge in [0.1, 0.15) is 0 Å². The van der Waals surface area contributed by atoms with Crippen LogP contribution >= 0.6 is 0 Å². The third-order valence-electron chi connectivity index (χ3n) is 7.53. The van der Waals surface area contributed by atoms with Gasteiger partial charge in [0.2, 0.25) is 0 Å². The maximum atomic E-state index is 13.7. The van der Waals surface area contributed by atoms with Crippen molar-refractivity contribution in [1.29, 1.82) is 0 Å². The average Bonchev–Trinajstić information content (AvgIpc) is 3.01. The molecule has 4 rings (SSSR count). The molecule has 0 spiro atoms. The van der Waals surface area contributed by atoms with Crippen molar-refractivity contribution in [2.75, 3.05) is 13.1 Å². The van der Waals surface area contributed by atoms with Crippen LogP contribution in [0.4, 0.5) is 0 Å². The van der Waals surface area contributed by atoms with Gasteiger partial charge in [-0.25, -0.2) is 33.7 Å². The maximum Gasteiger partial charge on any atom is 0.256 e. The van der Waals surface area contributed by atoms with Crippen LogP contribution in [-0.4, -0.2) is 54.2 Å². The van der Waals surface area contributed by atoms with Gasteiger partial charge < -0.3 is 0 Å². The third kappa shape index (κ3) is 8.19. The van der Waals surface area contributed by atoms with Crippen LogP contribution in [0.15, 0.2) is 117 Å². The van der Waals surface area contributed by atoms with Crippen LogP contribution in [0.2, 0.25) is 0 Å². The summed E-state index contributed by atoms with van der Waals surface area (Å²) >= 11 is 0. The Hall–Kier alpha value is -3.40. The number of aryl methyl sites for hydroxylation is 4. The minimum Gasteiger partial charge on any atom is -0.206 e. The van der Waals surface area contributed by atoms with Crippen molar-refractivity contribution < 1.29 is 33.7 Å². The summed E-state index contributed by atoms with van der Waals surface area (Å²) < 4.78 is 111. The molecule has 0 aliphatic heterocycles. The van der Waals surface area contributed by atoms with Gasteiger partial charge in [-0.15, -0.1) is 0 Å². The first-order chi connectivity index (χ1) is 22.0. The van der Waals surface area contributed by atoms with Crippen molar-refractivity contribution in [2.45, 2.75) is 66.5 Å². The Kier molecular flexibility index (Phi) is 11.1. The summed E-state index contributed by atoms with van der Waals surface area (Å²) in [5, 5.41) is 0. The maximum absolute atomic E-state index is 13.7. The summed E-state index contributed by atoms with van der Waals surface area (Å²) in [5.41, 5.74) is 3.18. The first kappa shape index (κ1) is 36.4. The van der Waals surface area contributed by atoms with Crippen LogP contribution in [0.5, 0.6) is 0 Å². The van der Waals surface area contributed by atoms with Gasteiger partial charge >= 0.3 is 0 Å². The number of unbranched alkanes of at least 4 members (excludes halogenated alkanes) is 2. The molecule has 47 heavy (non-hydrogen) atoms. The lowest BCUT2D eigenvalue weighted by Gasteiger charge is -2.24. The summed E-state index contributed by atoms with van der Waals surface area (Å²) in [4.78, 5) is -0.784. The van der Waals surface area contributed by atoms with E-state index >= 15 is 0 Å². The van der Waals surface area contributed by atoms with Crippen LogP contribution in [0, 0.1) is 27.7 Å². The molecule has 14 heteroatoms. The molecule has 10 nitrogen and oxygen atoms in total. The van der Waals surface area contributed by atoms with Gasteiger partial charge in [0.05, 0.1) is 19.6 Å². The van der Waals surface area contributed by atoms with Crippen molar-refractivity contribution in [2.24, 2.45) is 0 Å². The zero-order valence-electron chi connectivity index (χ0n) is 26.6. The van der Waals surface area contributed by atoms with Crippen LogP contribution in [0.25, 0.3) is 0 Å². The van der Waals surface area contributed by atoms with Gasteiger partial charge in [-0.05, 0) is 89.1 Å². The summed E-state index contributed by atoms with van der Waals surface area (Å²) in [7, 11) is -18.1. The second-order valence-electron chi connectivity index (χ2n) is 11.3. The molecule has 0 radical (unpaired) electrons. The van der Waals surface area contributed by atoms with Crippen molar-refractivity contribution in [3.63, 3.8) is 0 Å². The molecule has 4 aromatic rings. The summed E-state index contributed by atoms with van der Waals surface area (Å²) in [5.74, 6) is 0. The average molecular weight is 719 g/mol. The van der Waals surface area contributed by atoms with Crippen molar-refractivity contribution in [3.05, 3.63) is 119 Å². The molecule has 0 saturated heterocycles. The van der Waals surface area contributed by atoms with E-state index in [0.29, 0.717) is 7.42 Å². The Morgan fingerprint density at radius 3 is 0.723 bits per heavy atom. The highest BCUT2D eigenvalue weighted by atomic mass is 32.3. The highest BCUT2D eigenvalue weighted by Crippen LogP contribution is 2.28. The molecule has 0 fully saturated rings. The molecule has 0 saturated carbocycles. The predicted molar refractivity (Wildman–Crippen MR) is 181 cm³/mol. The number of benzene rings is 4. The molecule has 0 atom stereocenters. The first-order valence-electron chi connectivity index (χ1n) is 14.8. The summed E-state index contributed by atoms with van der Waals surface area (Å²) in [6, 6.07) is 23.3. The number of nitrogens with zero attached hydrogens (tertiary/aromatic N) is 2. The Bertz CT molecular complexity index is 1820. The fourth-order valence-electron chi connectivity index (χ4n) is 4.71. The Balaban J connectivity index is 1.61. The quantitative estimate of drug-likeness (QED) is 0.155. The largest absolute Gasteiger partial charge is 0.256 e. The molecule has 0 heterocycles. The smallest absolute Gasteiger partial charge is 0.206 e. The van der Waals surface area contributed by atoms with E-state index in [4.69, 9.17) is 0 Å². The lowest BCUT2D eigenvalue weighted by Crippen LogP contribution is -2.38. The zero-order chi connectivity index (χ0) is 34.6. The minimum atomic E-state index is -4.52. The highest BCUT2D eigenvalue weighted by molar-refractivity contribution is 8.04. The molecule has 252 valence electrons. The van der Waals surface area contributed by atoms with E-state index in [1.54, 1.807) is 76.2 Å². The van der Waals surface area contributed by atoms with E-state index in [9.17, 15) is 33.7 Å². The van der Waals surface area contributed by atoms with E-state index in [-0.39, 0.29) is 38.8 Å². The Morgan fingerprint density at radius 2 is 0.532 bits per heavy atom. The topological polar surface area (TPSA) is 143 Å². The lowest BCUT2D eigenvalue weighted by molar-refractivity contribution is 0.466. The Labute approximate surface area is 278 Å². The molecule has 0 aliphatic rings. The Morgan fingerprint density at radius 1 is 0.340 bits per heavy atom. The van der Waals surface area contributed by atoms with Gasteiger partial charge in [-0.1, -0.05) is 84.6 Å². The standard InChI is InChI=1S/C33H38N2O8S4/c1-26-8-16-30(17-9-26)44(36,37)34(45(38,39)31-18-10-27(2)11-19-31)24-6-5-7-25-35(46(40,41)32-20-12-28(3)13-21-32)47(42,43)33-22-14-29(4)15-23-33/h8-23H,5-7,24-25H2,1-4H3. The third-order valence-corrected chi connectivity index (χ3v) is 16.2. The zero-order valence-corrected chi connectivity index (χ0v) is 29.8. The molecule has 0 amide bonds. The molecule has 0 aromatic heterocycles. The lowest BCUT2D eigenvalue weighted by atomic mass is 10.2. The van der Waals surface area contributed by atoms with Gasteiger partial charge in [-0.2, -0.15) is 0 Å². The van der Waals surface area contributed by atoms with Crippen LogP contribution in [-0.2, 0) is 40.1 Å². The first-order valence-corrected chi connectivity index (χ1v) is 20.6. The summed E-state index contributed by atoms with van der Waals surface area (Å²) in [6.07, 6.45) is 0.116. The number of sulfonamides is 4. The fourth-order valence-corrected chi connectivity index (χ4v) is 12.1.